The van der Waals surface area contributed by atoms with Crippen molar-refractivity contribution in [3.05, 3.63) is 69.3 Å². The van der Waals surface area contributed by atoms with E-state index in [0.29, 0.717) is 0 Å². The molecule has 4 atom stereocenters. The van der Waals surface area contributed by atoms with E-state index >= 15 is 0 Å². The third-order valence-electron chi connectivity index (χ3n) is 6.30. The van der Waals surface area contributed by atoms with Gasteiger partial charge in [-0.1, -0.05) is 29.8 Å². The molecule has 2 fully saturated rings. The fourth-order valence-electron chi connectivity index (χ4n) is 4.70. The summed E-state index contributed by atoms with van der Waals surface area (Å²) in [4.78, 5) is 50.5. The summed E-state index contributed by atoms with van der Waals surface area (Å²) in [5, 5.41) is 24.1. The third-order valence-corrected chi connectivity index (χ3v) is 6.30. The van der Waals surface area contributed by atoms with E-state index in [1.54, 1.807) is 0 Å². The number of anilines is 1. The first-order chi connectivity index (χ1) is 14.6. The molecule has 2 aromatic carbocycles. The summed E-state index contributed by atoms with van der Waals surface area (Å²) in [5.41, 5.74) is 0.683. The highest BCUT2D eigenvalue weighted by molar-refractivity contribution is 6.24. The zero-order chi connectivity index (χ0) is 22.7. The van der Waals surface area contributed by atoms with Crippen molar-refractivity contribution in [2.45, 2.75) is 32.4 Å². The van der Waals surface area contributed by atoms with Crippen LogP contribution in [0.4, 0.5) is 11.4 Å². The number of carbonyl (C=O) groups is 3. The zero-order valence-corrected chi connectivity index (χ0v) is 17.2. The van der Waals surface area contributed by atoms with Crippen molar-refractivity contribution in [3.8, 4) is 0 Å². The van der Waals surface area contributed by atoms with E-state index in [2.05, 4.69) is 5.32 Å². The lowest BCUT2D eigenvalue weighted by molar-refractivity contribution is -0.384. The van der Waals surface area contributed by atoms with Gasteiger partial charge in [0.25, 0.3) is 5.69 Å². The number of nitro benzene ring substituents is 1. The molecule has 2 N–H and O–H groups in total. The molecule has 0 aromatic heterocycles. The van der Waals surface area contributed by atoms with E-state index in [-0.39, 0.29) is 11.4 Å². The maximum absolute atomic E-state index is 13.5. The Morgan fingerprint density at radius 3 is 2.52 bits per heavy atom. The molecular formula is C22H21N3O6. The number of fused-ring (bicyclic) bond motifs is 1. The van der Waals surface area contributed by atoms with Gasteiger partial charge in [0, 0.05) is 18.2 Å². The molecule has 2 aliphatic rings. The van der Waals surface area contributed by atoms with E-state index < -0.39 is 46.1 Å². The first-order valence-electron chi connectivity index (χ1n) is 9.76. The molecule has 9 nitrogen and oxygen atoms in total. The van der Waals surface area contributed by atoms with Crippen LogP contribution in [0.1, 0.15) is 29.7 Å². The predicted molar refractivity (Wildman–Crippen MR) is 110 cm³/mol. The third kappa shape index (κ3) is 3.00. The number of hydrogen-bond acceptors (Lipinski definition) is 6. The number of aryl methyl sites for hydroxylation is 2. The monoisotopic (exact) mass is 423 g/mol. The lowest BCUT2D eigenvalue weighted by Gasteiger charge is -2.27. The van der Waals surface area contributed by atoms with Crippen LogP contribution in [-0.2, 0) is 14.4 Å². The Morgan fingerprint density at radius 1 is 1.16 bits per heavy atom. The fourth-order valence-corrected chi connectivity index (χ4v) is 4.70. The standard InChI is InChI=1S/C22H21N3O6/c1-11-7-8-12(2)15(9-11)18-16-17(22(3,23-18)21(28)29)20(27)24(19(16)26)13-5-4-6-14(10-13)25(30)31/h4-10,16-18,23H,1-3H3,(H,28,29). The number of carboxylic acid groups (broad SMARTS) is 1. The Kier molecular flexibility index (Phi) is 4.66. The number of imide groups is 1. The second-order valence-electron chi connectivity index (χ2n) is 8.28. The predicted octanol–water partition coefficient (Wildman–Crippen LogP) is 2.51. The molecule has 31 heavy (non-hydrogen) atoms. The minimum atomic E-state index is -1.67. The Morgan fingerprint density at radius 2 is 1.87 bits per heavy atom. The molecule has 0 saturated carbocycles. The summed E-state index contributed by atoms with van der Waals surface area (Å²) < 4.78 is 0. The minimum Gasteiger partial charge on any atom is -0.480 e. The molecule has 0 aliphatic carbocycles. The number of benzene rings is 2. The first-order valence-corrected chi connectivity index (χ1v) is 9.76. The summed E-state index contributed by atoms with van der Waals surface area (Å²) >= 11 is 0. The van der Waals surface area contributed by atoms with Gasteiger partial charge < -0.3 is 5.11 Å². The maximum atomic E-state index is 13.5. The largest absolute Gasteiger partial charge is 0.480 e. The number of nitrogens with zero attached hydrogens (tertiary/aromatic N) is 2. The van der Waals surface area contributed by atoms with Gasteiger partial charge in [-0.15, -0.1) is 0 Å². The van der Waals surface area contributed by atoms with Gasteiger partial charge in [-0.25, -0.2) is 4.90 Å². The Balaban J connectivity index is 1.85. The van der Waals surface area contributed by atoms with Crippen LogP contribution in [0.3, 0.4) is 0 Å². The molecule has 2 heterocycles. The second-order valence-corrected chi connectivity index (χ2v) is 8.28. The van der Waals surface area contributed by atoms with E-state index in [1.165, 1.54) is 25.1 Å². The van der Waals surface area contributed by atoms with Crippen molar-refractivity contribution < 1.29 is 24.4 Å². The molecule has 160 valence electrons. The van der Waals surface area contributed by atoms with Gasteiger partial charge in [-0.3, -0.25) is 29.8 Å². The quantitative estimate of drug-likeness (QED) is 0.439. The van der Waals surface area contributed by atoms with Crippen molar-refractivity contribution in [1.82, 2.24) is 5.32 Å². The normalized spacial score (nSPS) is 27.5. The van der Waals surface area contributed by atoms with Gasteiger partial charge >= 0.3 is 5.97 Å². The van der Waals surface area contributed by atoms with Gasteiger partial charge in [0.15, 0.2) is 0 Å². The van der Waals surface area contributed by atoms with Gasteiger partial charge in [0.2, 0.25) is 11.8 Å². The molecule has 2 saturated heterocycles. The number of aliphatic carboxylic acids is 1. The van der Waals surface area contributed by atoms with Crippen LogP contribution < -0.4 is 10.2 Å². The van der Waals surface area contributed by atoms with Crippen molar-refractivity contribution >= 4 is 29.2 Å². The van der Waals surface area contributed by atoms with Crippen molar-refractivity contribution in [2.75, 3.05) is 4.90 Å². The number of nitro groups is 1. The fraction of sp³-hybridized carbons (Fsp3) is 0.318. The Labute approximate surface area is 177 Å². The van der Waals surface area contributed by atoms with Crippen LogP contribution in [0.25, 0.3) is 0 Å². The van der Waals surface area contributed by atoms with Crippen LogP contribution in [-0.4, -0.2) is 33.4 Å². The molecule has 0 bridgehead atoms. The summed E-state index contributed by atoms with van der Waals surface area (Å²) in [7, 11) is 0. The molecule has 2 aliphatic heterocycles. The SMILES string of the molecule is Cc1ccc(C)c(C2NC(C)(C(=O)O)C3C(=O)N(c4cccc([N+](=O)[O-])c4)C(=O)C23)c1. The summed E-state index contributed by atoms with van der Waals surface area (Å²) in [6.07, 6.45) is 0. The molecule has 9 heteroatoms. The van der Waals surface area contributed by atoms with Crippen LogP contribution in [0, 0.1) is 35.8 Å². The van der Waals surface area contributed by atoms with Gasteiger partial charge in [0.1, 0.15) is 5.54 Å². The number of carboxylic acids is 1. The van der Waals surface area contributed by atoms with E-state index in [0.717, 1.165) is 27.7 Å². The zero-order valence-electron chi connectivity index (χ0n) is 17.2. The van der Waals surface area contributed by atoms with Crippen LogP contribution in [0.5, 0.6) is 0 Å². The number of rotatable bonds is 4. The molecule has 0 spiro atoms. The Hall–Kier alpha value is -3.59. The van der Waals surface area contributed by atoms with E-state index in [9.17, 15) is 29.6 Å². The van der Waals surface area contributed by atoms with E-state index in [4.69, 9.17) is 0 Å². The summed E-state index contributed by atoms with van der Waals surface area (Å²) in [5.74, 6) is -4.59. The lowest BCUT2D eigenvalue weighted by atomic mass is 9.80. The van der Waals surface area contributed by atoms with Gasteiger partial charge in [0.05, 0.1) is 22.4 Å². The molecule has 2 aromatic rings. The smallest absolute Gasteiger partial charge is 0.324 e. The molecule has 4 rings (SSSR count). The van der Waals surface area contributed by atoms with Crippen LogP contribution in [0.15, 0.2) is 42.5 Å². The topological polar surface area (TPSA) is 130 Å². The number of carbonyl (C=O) groups excluding carboxylic acids is 2. The highest BCUT2D eigenvalue weighted by Crippen LogP contribution is 2.50. The lowest BCUT2D eigenvalue weighted by Crippen LogP contribution is -2.53. The van der Waals surface area contributed by atoms with Crippen LogP contribution in [0.2, 0.25) is 0 Å². The van der Waals surface area contributed by atoms with Gasteiger partial charge in [-0.2, -0.15) is 0 Å². The number of amides is 2. The molecule has 2 amide bonds. The van der Waals surface area contributed by atoms with Crippen molar-refractivity contribution in [2.24, 2.45) is 11.8 Å². The maximum Gasteiger partial charge on any atom is 0.324 e. The number of hydrogen-bond donors (Lipinski definition) is 2. The molecule has 0 radical (unpaired) electrons. The minimum absolute atomic E-state index is 0.0612. The second kappa shape index (κ2) is 6.98. The average Bonchev–Trinajstić information content (AvgIpc) is 3.18. The summed E-state index contributed by atoms with van der Waals surface area (Å²) in [6, 6.07) is 10.2. The highest BCUT2D eigenvalue weighted by Gasteiger charge is 2.67. The van der Waals surface area contributed by atoms with Crippen LogP contribution >= 0.6 is 0 Å². The highest BCUT2D eigenvalue weighted by atomic mass is 16.6. The first kappa shape index (κ1) is 20.7. The van der Waals surface area contributed by atoms with Crippen molar-refractivity contribution in [1.29, 1.82) is 0 Å². The van der Waals surface area contributed by atoms with Crippen molar-refractivity contribution in [3.63, 3.8) is 0 Å². The summed E-state index contributed by atoms with van der Waals surface area (Å²) in [6.45, 7) is 5.16. The number of non-ortho nitro benzene ring substituents is 1. The van der Waals surface area contributed by atoms with Gasteiger partial charge in [-0.05, 0) is 38.0 Å². The van der Waals surface area contributed by atoms with E-state index in [1.807, 2.05) is 32.0 Å². The Bertz CT molecular complexity index is 1150. The molecular weight excluding hydrogens is 402 g/mol. The molecule has 4 unspecified atom stereocenters. The number of nitrogens with one attached hydrogen (secondary N) is 1. The average molecular weight is 423 g/mol.